The molecule has 1 N–H and O–H groups in total. The summed E-state index contributed by atoms with van der Waals surface area (Å²) in [6.07, 6.45) is 1.71. The van der Waals surface area contributed by atoms with Crippen molar-refractivity contribution >= 4 is 11.5 Å². The smallest absolute Gasteiger partial charge is 0.228 e. The highest BCUT2D eigenvalue weighted by molar-refractivity contribution is 5.62. The van der Waals surface area contributed by atoms with Crippen molar-refractivity contribution in [1.29, 1.82) is 0 Å². The average Bonchev–Trinajstić information content (AvgIpc) is 3.26. The molecule has 30 heavy (non-hydrogen) atoms. The molecule has 2 heterocycles. The van der Waals surface area contributed by atoms with Crippen LogP contribution in [0.1, 0.15) is 13.8 Å². The van der Waals surface area contributed by atoms with Gasteiger partial charge in [0.15, 0.2) is 17.3 Å². The second kappa shape index (κ2) is 8.98. The Morgan fingerprint density at radius 2 is 1.57 bits per heavy atom. The number of nitrogens with zero attached hydrogens (tertiary/aromatic N) is 3. The Labute approximate surface area is 176 Å². The number of phenolic OH excluding ortho intramolecular Hbond substituents is 1. The lowest BCUT2D eigenvalue weighted by molar-refractivity contribution is 0.288. The number of ether oxygens (including phenoxy) is 2. The first kappa shape index (κ1) is 19.9. The molecule has 0 aliphatic carbocycles. The first-order valence-corrected chi connectivity index (χ1v) is 10.3. The predicted octanol–water partition coefficient (Wildman–Crippen LogP) is 4.17. The molecule has 1 aliphatic heterocycles. The molecule has 1 fully saturated rings. The van der Waals surface area contributed by atoms with Crippen molar-refractivity contribution in [1.82, 2.24) is 4.98 Å². The summed E-state index contributed by atoms with van der Waals surface area (Å²) >= 11 is 0. The predicted molar refractivity (Wildman–Crippen MR) is 117 cm³/mol. The second-order valence-corrected chi connectivity index (χ2v) is 7.03. The molecular weight excluding hydrogens is 382 g/mol. The van der Waals surface area contributed by atoms with Crippen LogP contribution < -0.4 is 19.3 Å². The fraction of sp³-hybridized carbons (Fsp3) is 0.348. The zero-order valence-electron chi connectivity index (χ0n) is 17.4. The van der Waals surface area contributed by atoms with Crippen molar-refractivity contribution in [3.63, 3.8) is 0 Å². The van der Waals surface area contributed by atoms with Crippen LogP contribution in [0.2, 0.25) is 0 Å². The summed E-state index contributed by atoms with van der Waals surface area (Å²) in [5.74, 6) is 3.10. The van der Waals surface area contributed by atoms with E-state index in [0.29, 0.717) is 24.9 Å². The average molecular weight is 409 g/mol. The van der Waals surface area contributed by atoms with Gasteiger partial charge in [0.1, 0.15) is 12.0 Å². The van der Waals surface area contributed by atoms with Gasteiger partial charge in [0.2, 0.25) is 5.89 Å². The van der Waals surface area contributed by atoms with Gasteiger partial charge >= 0.3 is 0 Å². The molecule has 2 aromatic carbocycles. The minimum absolute atomic E-state index is 0.286. The van der Waals surface area contributed by atoms with Gasteiger partial charge < -0.3 is 28.8 Å². The molecule has 0 saturated carbocycles. The van der Waals surface area contributed by atoms with E-state index >= 15 is 0 Å². The molecule has 7 nitrogen and oxygen atoms in total. The lowest BCUT2D eigenvalue weighted by Crippen LogP contribution is -2.46. The molecule has 0 unspecified atom stereocenters. The molecule has 0 amide bonds. The molecule has 1 saturated heterocycles. The van der Waals surface area contributed by atoms with E-state index in [-0.39, 0.29) is 5.75 Å². The number of anilines is 2. The molecule has 7 heteroatoms. The van der Waals surface area contributed by atoms with Crippen molar-refractivity contribution < 1.29 is 19.0 Å². The maximum atomic E-state index is 9.47. The molecule has 0 atom stereocenters. The first-order valence-electron chi connectivity index (χ1n) is 10.3. The minimum Gasteiger partial charge on any atom is -0.508 e. The summed E-state index contributed by atoms with van der Waals surface area (Å²) in [5, 5.41) is 9.47. The standard InChI is InChI=1S/C23H27N3O4/c1-3-28-20-10-5-17(15-21(20)29-4-2)23-24-22(16-30-23)26-13-11-25(12-14-26)18-6-8-19(27)9-7-18/h5-10,15-16,27H,3-4,11-14H2,1-2H3. The van der Waals surface area contributed by atoms with Crippen molar-refractivity contribution in [2.45, 2.75) is 13.8 Å². The van der Waals surface area contributed by atoms with E-state index in [1.807, 2.05) is 44.2 Å². The molecular formula is C23H27N3O4. The van der Waals surface area contributed by atoms with Gasteiger partial charge in [-0.25, -0.2) is 0 Å². The van der Waals surface area contributed by atoms with Crippen LogP contribution in [0, 0.1) is 0 Å². The topological polar surface area (TPSA) is 71.2 Å². The van der Waals surface area contributed by atoms with Crippen molar-refractivity contribution in [3.8, 4) is 28.7 Å². The number of oxazole rings is 1. The highest BCUT2D eigenvalue weighted by Crippen LogP contribution is 2.33. The van der Waals surface area contributed by atoms with Gasteiger partial charge in [-0.3, -0.25) is 0 Å². The fourth-order valence-corrected chi connectivity index (χ4v) is 3.58. The van der Waals surface area contributed by atoms with Crippen molar-refractivity contribution in [2.24, 2.45) is 0 Å². The van der Waals surface area contributed by atoms with Gasteiger partial charge in [-0.05, 0) is 56.3 Å². The van der Waals surface area contributed by atoms with Crippen molar-refractivity contribution in [3.05, 3.63) is 48.7 Å². The number of benzene rings is 2. The van der Waals surface area contributed by atoms with Crippen LogP contribution >= 0.6 is 0 Å². The van der Waals surface area contributed by atoms with Crippen LogP contribution in [-0.4, -0.2) is 49.5 Å². The number of piperazine rings is 1. The molecule has 158 valence electrons. The highest BCUT2D eigenvalue weighted by atomic mass is 16.5. The van der Waals surface area contributed by atoms with Gasteiger partial charge in [0.05, 0.1) is 13.2 Å². The van der Waals surface area contributed by atoms with E-state index in [1.165, 1.54) is 0 Å². The molecule has 0 bridgehead atoms. The third kappa shape index (κ3) is 4.30. The zero-order chi connectivity index (χ0) is 20.9. The summed E-state index contributed by atoms with van der Waals surface area (Å²) in [7, 11) is 0. The SMILES string of the molecule is CCOc1ccc(-c2nc(N3CCN(c4ccc(O)cc4)CC3)co2)cc1OCC. The molecule has 1 aliphatic rings. The van der Waals surface area contributed by atoms with Crippen LogP contribution in [-0.2, 0) is 0 Å². The van der Waals surface area contributed by atoms with Crippen LogP contribution in [0.4, 0.5) is 11.5 Å². The Morgan fingerprint density at radius 1 is 0.900 bits per heavy atom. The molecule has 3 aromatic rings. The summed E-state index contributed by atoms with van der Waals surface area (Å²) < 4.78 is 17.1. The quantitative estimate of drug-likeness (QED) is 0.628. The fourth-order valence-electron chi connectivity index (χ4n) is 3.58. The number of hydrogen-bond acceptors (Lipinski definition) is 7. The van der Waals surface area contributed by atoms with Crippen LogP contribution in [0.15, 0.2) is 53.1 Å². The third-order valence-corrected chi connectivity index (χ3v) is 5.10. The van der Waals surface area contributed by atoms with E-state index in [2.05, 4.69) is 9.80 Å². The second-order valence-electron chi connectivity index (χ2n) is 7.03. The van der Waals surface area contributed by atoms with E-state index in [9.17, 15) is 5.11 Å². The van der Waals surface area contributed by atoms with Gasteiger partial charge in [0, 0.05) is 37.4 Å². The lowest BCUT2D eigenvalue weighted by Gasteiger charge is -2.36. The van der Waals surface area contributed by atoms with E-state index in [4.69, 9.17) is 18.9 Å². The maximum Gasteiger partial charge on any atom is 0.228 e. The zero-order valence-corrected chi connectivity index (χ0v) is 17.4. The van der Waals surface area contributed by atoms with Crippen LogP contribution in [0.5, 0.6) is 17.2 Å². The summed E-state index contributed by atoms with van der Waals surface area (Å²) in [5.41, 5.74) is 1.97. The number of aromatic nitrogens is 1. The minimum atomic E-state index is 0.286. The molecule has 4 rings (SSSR count). The number of rotatable bonds is 7. The Bertz CT molecular complexity index is 963. The summed E-state index contributed by atoms with van der Waals surface area (Å²) in [6.45, 7) is 8.49. The third-order valence-electron chi connectivity index (χ3n) is 5.10. The van der Waals surface area contributed by atoms with Crippen molar-refractivity contribution in [2.75, 3.05) is 49.2 Å². The summed E-state index contributed by atoms with van der Waals surface area (Å²) in [4.78, 5) is 9.23. The Hall–Kier alpha value is -3.35. The van der Waals surface area contributed by atoms with Gasteiger partial charge in [-0.15, -0.1) is 0 Å². The first-order chi connectivity index (χ1) is 14.7. The van der Waals surface area contributed by atoms with Gasteiger partial charge in [0.25, 0.3) is 0 Å². The normalized spacial score (nSPS) is 14.1. The monoisotopic (exact) mass is 409 g/mol. The largest absolute Gasteiger partial charge is 0.508 e. The van der Waals surface area contributed by atoms with E-state index in [0.717, 1.165) is 49.0 Å². The Kier molecular flexibility index (Phi) is 5.97. The lowest BCUT2D eigenvalue weighted by atomic mass is 10.2. The number of aromatic hydroxyl groups is 1. The molecule has 1 aromatic heterocycles. The van der Waals surface area contributed by atoms with Crippen LogP contribution in [0.25, 0.3) is 11.5 Å². The number of phenols is 1. The van der Waals surface area contributed by atoms with E-state index in [1.54, 1.807) is 18.4 Å². The maximum absolute atomic E-state index is 9.47. The Balaban J connectivity index is 1.44. The molecule has 0 spiro atoms. The van der Waals surface area contributed by atoms with Crippen LogP contribution in [0.3, 0.4) is 0 Å². The Morgan fingerprint density at radius 3 is 2.27 bits per heavy atom. The van der Waals surface area contributed by atoms with Gasteiger partial charge in [-0.2, -0.15) is 4.98 Å². The number of hydrogen-bond donors (Lipinski definition) is 1. The van der Waals surface area contributed by atoms with Gasteiger partial charge in [-0.1, -0.05) is 0 Å². The highest BCUT2D eigenvalue weighted by Gasteiger charge is 2.21. The van der Waals surface area contributed by atoms with E-state index < -0.39 is 0 Å². The molecule has 0 radical (unpaired) electrons. The summed E-state index contributed by atoms with van der Waals surface area (Å²) in [6, 6.07) is 13.1.